The monoisotopic (exact) mass is 240 g/mol. The number of nitrogens with zero attached hydrogens (tertiary/aromatic N) is 1. The molecule has 3 heteroatoms. The summed E-state index contributed by atoms with van der Waals surface area (Å²) in [6.45, 7) is 7.79. The Balaban J connectivity index is 1.91. The summed E-state index contributed by atoms with van der Waals surface area (Å²) in [5.41, 5.74) is 0.532. The lowest BCUT2D eigenvalue weighted by Gasteiger charge is -2.43. The lowest BCUT2D eigenvalue weighted by atomic mass is 9.73. The molecule has 1 saturated carbocycles. The van der Waals surface area contributed by atoms with E-state index in [1.165, 1.54) is 45.2 Å². The summed E-state index contributed by atoms with van der Waals surface area (Å²) in [4.78, 5) is 2.62. The van der Waals surface area contributed by atoms with Gasteiger partial charge in [-0.25, -0.2) is 0 Å². The Morgan fingerprint density at radius 1 is 1.29 bits per heavy atom. The molecule has 2 rings (SSSR count). The van der Waals surface area contributed by atoms with Crippen LogP contribution >= 0.6 is 0 Å². The first-order valence-corrected chi connectivity index (χ1v) is 7.23. The maximum Gasteiger partial charge on any atom is 0.0674 e. The van der Waals surface area contributed by atoms with Gasteiger partial charge in [-0.1, -0.05) is 19.3 Å². The fourth-order valence-corrected chi connectivity index (χ4v) is 3.58. The van der Waals surface area contributed by atoms with E-state index in [-0.39, 0.29) is 0 Å². The molecule has 100 valence electrons. The molecule has 1 unspecified atom stereocenters. The minimum absolute atomic E-state index is 0.416. The van der Waals surface area contributed by atoms with Crippen LogP contribution in [0.1, 0.15) is 39.0 Å². The molecule has 0 aromatic rings. The van der Waals surface area contributed by atoms with Crippen molar-refractivity contribution >= 4 is 0 Å². The third-order valence-electron chi connectivity index (χ3n) is 4.35. The van der Waals surface area contributed by atoms with E-state index in [0.29, 0.717) is 11.5 Å². The van der Waals surface area contributed by atoms with Crippen molar-refractivity contribution in [3.63, 3.8) is 0 Å². The zero-order valence-electron chi connectivity index (χ0n) is 11.5. The van der Waals surface area contributed by atoms with Crippen molar-refractivity contribution in [1.29, 1.82) is 0 Å². The van der Waals surface area contributed by atoms with Crippen molar-refractivity contribution in [1.82, 2.24) is 10.2 Å². The number of rotatable bonds is 4. The highest BCUT2D eigenvalue weighted by Gasteiger charge is 2.34. The first-order chi connectivity index (χ1) is 8.24. The molecule has 1 aliphatic carbocycles. The molecule has 1 heterocycles. The second-order valence-corrected chi connectivity index (χ2v) is 6.01. The normalized spacial score (nSPS) is 30.4. The first kappa shape index (κ1) is 13.3. The SMILES string of the molecule is CNCC1(CN2CCOC(C)C2)CCCCC1. The molecule has 1 saturated heterocycles. The maximum absolute atomic E-state index is 5.63. The van der Waals surface area contributed by atoms with Crippen LogP contribution in [0, 0.1) is 5.41 Å². The Hall–Kier alpha value is -0.120. The topological polar surface area (TPSA) is 24.5 Å². The Morgan fingerprint density at radius 2 is 2.06 bits per heavy atom. The van der Waals surface area contributed by atoms with Crippen molar-refractivity contribution < 1.29 is 4.74 Å². The Kier molecular flexibility index (Phi) is 4.83. The van der Waals surface area contributed by atoms with E-state index in [1.54, 1.807) is 0 Å². The second-order valence-electron chi connectivity index (χ2n) is 6.01. The van der Waals surface area contributed by atoms with Gasteiger partial charge in [0.15, 0.2) is 0 Å². The summed E-state index contributed by atoms with van der Waals surface area (Å²) >= 11 is 0. The van der Waals surface area contributed by atoms with E-state index in [1.807, 2.05) is 0 Å². The van der Waals surface area contributed by atoms with Crippen LogP contribution in [0.4, 0.5) is 0 Å². The highest BCUT2D eigenvalue weighted by atomic mass is 16.5. The molecular weight excluding hydrogens is 212 g/mol. The number of ether oxygens (including phenoxy) is 1. The molecule has 2 fully saturated rings. The molecule has 0 radical (unpaired) electrons. The van der Waals surface area contributed by atoms with Gasteiger partial charge in [0.2, 0.25) is 0 Å². The summed E-state index contributed by atoms with van der Waals surface area (Å²) in [5, 5.41) is 3.42. The lowest BCUT2D eigenvalue weighted by Crippen LogP contribution is -2.50. The molecule has 2 aliphatic rings. The van der Waals surface area contributed by atoms with Crippen LogP contribution in [-0.2, 0) is 4.74 Å². The molecule has 3 nitrogen and oxygen atoms in total. The van der Waals surface area contributed by atoms with Crippen molar-refractivity contribution in [3.05, 3.63) is 0 Å². The van der Waals surface area contributed by atoms with Gasteiger partial charge in [-0.15, -0.1) is 0 Å². The predicted octanol–water partition coefficient (Wildman–Crippen LogP) is 1.88. The summed E-state index contributed by atoms with van der Waals surface area (Å²) in [7, 11) is 2.10. The average molecular weight is 240 g/mol. The van der Waals surface area contributed by atoms with E-state index in [2.05, 4.69) is 24.2 Å². The van der Waals surface area contributed by atoms with Gasteiger partial charge in [-0.05, 0) is 32.2 Å². The molecule has 0 bridgehead atoms. The van der Waals surface area contributed by atoms with E-state index in [9.17, 15) is 0 Å². The van der Waals surface area contributed by atoms with Crippen molar-refractivity contribution in [2.45, 2.75) is 45.1 Å². The average Bonchev–Trinajstić information content (AvgIpc) is 2.30. The third-order valence-corrected chi connectivity index (χ3v) is 4.35. The van der Waals surface area contributed by atoms with Crippen LogP contribution in [0.3, 0.4) is 0 Å². The maximum atomic E-state index is 5.63. The van der Waals surface area contributed by atoms with E-state index < -0.39 is 0 Å². The van der Waals surface area contributed by atoms with Crippen molar-refractivity contribution in [2.75, 3.05) is 39.8 Å². The predicted molar refractivity (Wildman–Crippen MR) is 71.3 cm³/mol. The summed E-state index contributed by atoms with van der Waals surface area (Å²) in [5.74, 6) is 0. The Morgan fingerprint density at radius 3 is 2.71 bits per heavy atom. The van der Waals surface area contributed by atoms with E-state index in [0.717, 1.165) is 19.7 Å². The van der Waals surface area contributed by atoms with E-state index in [4.69, 9.17) is 4.74 Å². The van der Waals surface area contributed by atoms with Crippen LogP contribution in [0.25, 0.3) is 0 Å². The van der Waals surface area contributed by atoms with Gasteiger partial charge in [-0.2, -0.15) is 0 Å². The lowest BCUT2D eigenvalue weighted by molar-refractivity contribution is -0.0366. The van der Waals surface area contributed by atoms with Gasteiger partial charge >= 0.3 is 0 Å². The van der Waals surface area contributed by atoms with E-state index >= 15 is 0 Å². The van der Waals surface area contributed by atoms with Gasteiger partial charge < -0.3 is 10.1 Å². The Bertz CT molecular complexity index is 221. The smallest absolute Gasteiger partial charge is 0.0674 e. The fourth-order valence-electron chi connectivity index (χ4n) is 3.58. The minimum Gasteiger partial charge on any atom is -0.376 e. The molecular formula is C14H28N2O. The van der Waals surface area contributed by atoms with Gasteiger partial charge in [0.25, 0.3) is 0 Å². The number of morpholine rings is 1. The van der Waals surface area contributed by atoms with Crippen LogP contribution in [-0.4, -0.2) is 50.8 Å². The summed E-state index contributed by atoms with van der Waals surface area (Å²) in [6.07, 6.45) is 7.49. The molecule has 1 aliphatic heterocycles. The van der Waals surface area contributed by atoms with Crippen molar-refractivity contribution in [2.24, 2.45) is 5.41 Å². The molecule has 0 aromatic heterocycles. The standard InChI is InChI=1S/C14H28N2O/c1-13-10-16(8-9-17-13)12-14(11-15-2)6-4-3-5-7-14/h13,15H,3-12H2,1-2H3. The van der Waals surface area contributed by atoms with Crippen LogP contribution in [0.5, 0.6) is 0 Å². The molecule has 1 N–H and O–H groups in total. The zero-order valence-corrected chi connectivity index (χ0v) is 11.5. The highest BCUT2D eigenvalue weighted by Crippen LogP contribution is 2.36. The minimum atomic E-state index is 0.416. The first-order valence-electron chi connectivity index (χ1n) is 7.23. The quantitative estimate of drug-likeness (QED) is 0.812. The number of hydrogen-bond acceptors (Lipinski definition) is 3. The van der Waals surface area contributed by atoms with Crippen molar-refractivity contribution in [3.8, 4) is 0 Å². The van der Waals surface area contributed by atoms with Crippen LogP contribution in [0.15, 0.2) is 0 Å². The zero-order chi connectivity index (χ0) is 12.1. The van der Waals surface area contributed by atoms with Gasteiger partial charge in [0.1, 0.15) is 0 Å². The third kappa shape index (κ3) is 3.67. The number of nitrogens with one attached hydrogen (secondary N) is 1. The summed E-state index contributed by atoms with van der Waals surface area (Å²) in [6, 6.07) is 0. The van der Waals surface area contributed by atoms with Gasteiger partial charge in [0, 0.05) is 26.2 Å². The Labute approximate surface area is 106 Å². The van der Waals surface area contributed by atoms with Gasteiger partial charge in [-0.3, -0.25) is 4.90 Å². The number of hydrogen-bond donors (Lipinski definition) is 1. The molecule has 0 spiro atoms. The molecule has 1 atom stereocenters. The highest BCUT2D eigenvalue weighted by molar-refractivity contribution is 4.88. The van der Waals surface area contributed by atoms with Crippen LogP contribution < -0.4 is 5.32 Å². The molecule has 0 amide bonds. The second kappa shape index (κ2) is 6.17. The van der Waals surface area contributed by atoms with Gasteiger partial charge in [0.05, 0.1) is 12.7 Å². The molecule has 0 aromatic carbocycles. The molecule has 17 heavy (non-hydrogen) atoms. The summed E-state index contributed by atoms with van der Waals surface area (Å²) < 4.78 is 5.63. The fraction of sp³-hybridized carbons (Fsp3) is 1.00. The van der Waals surface area contributed by atoms with Crippen LogP contribution in [0.2, 0.25) is 0 Å². The largest absolute Gasteiger partial charge is 0.376 e.